The molecule has 1 fully saturated rings. The number of nitrogens with zero attached hydrogens (tertiary/aromatic N) is 2. The van der Waals surface area contributed by atoms with Crippen molar-refractivity contribution in [2.45, 2.75) is 243 Å². The number of carbonyl (C=O) groups is 4. The third-order valence-corrected chi connectivity index (χ3v) is 11.8. The summed E-state index contributed by atoms with van der Waals surface area (Å²) in [4.78, 5) is 51.7. The molecule has 12 nitrogen and oxygen atoms in total. The SMILES string of the molecule is C=C1N=C(N)C=CN1[C@@H]1O[C@H](COC(=O)CCCCCCCCCCCCCCCCCC(=O)O)[C@H](OC(=O)CCCCCCCCCCCCCCCCCC(=O)O)C1(F)F. The second kappa shape index (κ2) is 33.9. The van der Waals surface area contributed by atoms with Crippen molar-refractivity contribution in [3.8, 4) is 0 Å². The topological polar surface area (TPSA) is 178 Å². The van der Waals surface area contributed by atoms with E-state index in [2.05, 4.69) is 11.6 Å². The van der Waals surface area contributed by atoms with E-state index in [9.17, 15) is 19.2 Å². The fourth-order valence-electron chi connectivity index (χ4n) is 8.08. The maximum Gasteiger partial charge on any atom is 0.331 e. The van der Waals surface area contributed by atoms with E-state index in [-0.39, 0.29) is 37.3 Å². The lowest BCUT2D eigenvalue weighted by Crippen LogP contribution is -2.49. The van der Waals surface area contributed by atoms with Crippen LogP contribution in [-0.2, 0) is 33.4 Å². The highest BCUT2D eigenvalue weighted by Gasteiger charge is 2.63. The van der Waals surface area contributed by atoms with Crippen LogP contribution in [-0.4, -0.2) is 75.8 Å². The number of aliphatic imine (C=N–C) groups is 1. The molecule has 0 bridgehead atoms. The molecule has 356 valence electrons. The molecule has 2 aliphatic heterocycles. The van der Waals surface area contributed by atoms with Crippen LogP contribution in [0.1, 0.15) is 218 Å². The Morgan fingerprint density at radius 1 is 0.613 bits per heavy atom. The van der Waals surface area contributed by atoms with E-state index in [1.807, 2.05) is 0 Å². The van der Waals surface area contributed by atoms with Gasteiger partial charge in [-0.2, -0.15) is 8.78 Å². The summed E-state index contributed by atoms with van der Waals surface area (Å²) in [7, 11) is 0. The predicted octanol–water partition coefficient (Wildman–Crippen LogP) is 11.9. The van der Waals surface area contributed by atoms with Crippen LogP contribution in [0.2, 0.25) is 0 Å². The highest BCUT2D eigenvalue weighted by molar-refractivity contribution is 5.92. The summed E-state index contributed by atoms with van der Waals surface area (Å²) in [6.07, 6.45) is 30.0. The van der Waals surface area contributed by atoms with Crippen molar-refractivity contribution < 1.29 is 52.4 Å². The molecule has 3 atom stereocenters. The molecule has 0 saturated carbocycles. The van der Waals surface area contributed by atoms with Gasteiger partial charge in [-0.1, -0.05) is 174 Å². The van der Waals surface area contributed by atoms with Crippen molar-refractivity contribution in [1.82, 2.24) is 4.90 Å². The van der Waals surface area contributed by atoms with Gasteiger partial charge >= 0.3 is 29.8 Å². The molecule has 0 aliphatic carbocycles. The number of aliphatic carboxylic acids is 2. The van der Waals surface area contributed by atoms with Crippen molar-refractivity contribution in [2.24, 2.45) is 10.7 Å². The highest BCUT2D eigenvalue weighted by Crippen LogP contribution is 2.42. The Kier molecular flexibility index (Phi) is 29.9. The Morgan fingerprint density at radius 3 is 1.31 bits per heavy atom. The number of nitrogens with two attached hydrogens (primary N) is 1. The zero-order chi connectivity index (χ0) is 45.3. The summed E-state index contributed by atoms with van der Waals surface area (Å²) < 4.78 is 48.5. The Balaban J connectivity index is 1.61. The number of carbonyl (C=O) groups excluding carboxylic acids is 2. The summed E-state index contributed by atoms with van der Waals surface area (Å²) in [6, 6.07) is 0. The van der Waals surface area contributed by atoms with Crippen LogP contribution in [0.5, 0.6) is 0 Å². The molecule has 0 spiro atoms. The highest BCUT2D eigenvalue weighted by atomic mass is 19.3. The molecule has 0 aromatic heterocycles. The third kappa shape index (κ3) is 25.5. The molecular formula is C48H81F2N3O9. The zero-order valence-electron chi connectivity index (χ0n) is 37.8. The zero-order valence-corrected chi connectivity index (χ0v) is 37.8. The Morgan fingerprint density at radius 2 is 0.952 bits per heavy atom. The van der Waals surface area contributed by atoms with Gasteiger partial charge in [0.05, 0.1) is 0 Å². The fraction of sp³-hybridized carbons (Fsp3) is 0.812. The maximum absolute atomic E-state index is 16.0. The van der Waals surface area contributed by atoms with Crippen LogP contribution in [0, 0.1) is 0 Å². The van der Waals surface area contributed by atoms with E-state index in [4.69, 9.17) is 30.2 Å². The number of esters is 2. The Hall–Kier alpha value is -3.55. The normalized spacial score (nSPS) is 18.2. The first-order chi connectivity index (χ1) is 29.9. The van der Waals surface area contributed by atoms with Crippen LogP contribution >= 0.6 is 0 Å². The van der Waals surface area contributed by atoms with E-state index in [1.54, 1.807) is 0 Å². The van der Waals surface area contributed by atoms with E-state index in [1.165, 1.54) is 102 Å². The molecule has 0 aromatic rings. The number of unbranched alkanes of at least 4 members (excludes halogenated alkanes) is 28. The Labute approximate surface area is 370 Å². The number of halogens is 2. The lowest BCUT2D eigenvalue weighted by Gasteiger charge is -2.32. The quantitative estimate of drug-likeness (QED) is 0.0394. The van der Waals surface area contributed by atoms with E-state index >= 15 is 8.78 Å². The van der Waals surface area contributed by atoms with Crippen molar-refractivity contribution >= 4 is 29.7 Å². The molecule has 2 aliphatic rings. The summed E-state index contributed by atoms with van der Waals surface area (Å²) in [5.41, 5.74) is 5.72. The van der Waals surface area contributed by atoms with Gasteiger partial charge in [0.2, 0.25) is 6.23 Å². The molecule has 4 N–H and O–H groups in total. The van der Waals surface area contributed by atoms with E-state index in [0.717, 1.165) is 94.8 Å². The molecular weight excluding hydrogens is 801 g/mol. The number of hydrogen-bond donors (Lipinski definition) is 3. The minimum Gasteiger partial charge on any atom is -0.481 e. The molecule has 14 heteroatoms. The first kappa shape index (κ1) is 54.6. The van der Waals surface area contributed by atoms with Crippen molar-refractivity contribution in [1.29, 1.82) is 0 Å². The number of ether oxygens (including phenoxy) is 3. The first-order valence-electron chi connectivity index (χ1n) is 24.2. The Bertz CT molecular complexity index is 1340. The van der Waals surface area contributed by atoms with Crippen molar-refractivity contribution in [3.63, 3.8) is 0 Å². The van der Waals surface area contributed by atoms with Crippen LogP contribution in [0.15, 0.2) is 29.7 Å². The van der Waals surface area contributed by atoms with Gasteiger partial charge in [0.1, 0.15) is 24.4 Å². The lowest BCUT2D eigenvalue weighted by atomic mass is 10.0. The fourth-order valence-corrected chi connectivity index (χ4v) is 8.08. The van der Waals surface area contributed by atoms with E-state index in [0.29, 0.717) is 12.8 Å². The molecule has 0 unspecified atom stereocenters. The number of carboxylic acids is 2. The van der Waals surface area contributed by atoms with Gasteiger partial charge in [-0.15, -0.1) is 0 Å². The monoisotopic (exact) mass is 882 g/mol. The molecule has 0 aromatic carbocycles. The van der Waals surface area contributed by atoms with Gasteiger partial charge in [-0.05, 0) is 31.8 Å². The number of hydrogen-bond acceptors (Lipinski definition) is 10. The van der Waals surface area contributed by atoms with Gasteiger partial charge in [-0.3, -0.25) is 19.2 Å². The summed E-state index contributed by atoms with van der Waals surface area (Å²) in [5.74, 6) is -6.30. The number of amidine groups is 1. The summed E-state index contributed by atoms with van der Waals surface area (Å²) in [5, 5.41) is 17.4. The van der Waals surface area contributed by atoms with Gasteiger partial charge in [0.15, 0.2) is 6.10 Å². The van der Waals surface area contributed by atoms with Crippen LogP contribution in [0.25, 0.3) is 0 Å². The van der Waals surface area contributed by atoms with Crippen molar-refractivity contribution in [2.75, 3.05) is 6.61 Å². The molecule has 0 radical (unpaired) electrons. The molecule has 62 heavy (non-hydrogen) atoms. The molecule has 2 rings (SSSR count). The standard InChI is InChI=1S/C48H81F2N3O9/c1-39-52-41(51)36-37-53(39)47-48(49,50)46(62-45(59)35-31-27-23-19-15-11-7-3-5-9-13-17-21-25-29-33-43(56)57)40(61-47)38-60-44(58)34-30-26-22-18-14-10-6-2-4-8-12-16-20-24-28-32-42(54)55/h36-37,40,46-47H,1-35,38H2,(H2,51,52)(H,54,55)(H,56,57)/t40-,46+,47-/m1/s1. The number of carboxylic acid groups (broad SMARTS) is 2. The summed E-state index contributed by atoms with van der Waals surface area (Å²) in [6.45, 7) is 3.24. The maximum atomic E-state index is 16.0. The van der Waals surface area contributed by atoms with Gasteiger partial charge in [0.25, 0.3) is 0 Å². The molecule has 0 amide bonds. The van der Waals surface area contributed by atoms with Gasteiger partial charge in [0, 0.05) is 31.9 Å². The second-order valence-electron chi connectivity index (χ2n) is 17.4. The van der Waals surface area contributed by atoms with Gasteiger partial charge < -0.3 is 35.1 Å². The summed E-state index contributed by atoms with van der Waals surface area (Å²) >= 11 is 0. The second-order valence-corrected chi connectivity index (χ2v) is 17.4. The number of alkyl halides is 2. The van der Waals surface area contributed by atoms with Gasteiger partial charge in [-0.25, -0.2) is 4.99 Å². The van der Waals surface area contributed by atoms with Crippen molar-refractivity contribution in [3.05, 3.63) is 24.7 Å². The van der Waals surface area contributed by atoms with Crippen LogP contribution < -0.4 is 5.73 Å². The average Bonchev–Trinajstić information content (AvgIpc) is 3.46. The van der Waals surface area contributed by atoms with Crippen LogP contribution in [0.4, 0.5) is 8.78 Å². The third-order valence-electron chi connectivity index (χ3n) is 11.8. The molecule has 2 heterocycles. The average molecular weight is 882 g/mol. The van der Waals surface area contributed by atoms with E-state index < -0.39 is 54.8 Å². The van der Waals surface area contributed by atoms with Crippen LogP contribution in [0.3, 0.4) is 0 Å². The number of rotatable bonds is 40. The largest absolute Gasteiger partial charge is 0.481 e. The first-order valence-corrected chi connectivity index (χ1v) is 24.2. The smallest absolute Gasteiger partial charge is 0.331 e. The predicted molar refractivity (Wildman–Crippen MR) is 238 cm³/mol. The molecule has 1 saturated heterocycles. The minimum atomic E-state index is -3.67. The lowest BCUT2D eigenvalue weighted by molar-refractivity contribution is -0.178. The minimum absolute atomic E-state index is 0.000387.